The Bertz CT molecular complexity index is 678. The third kappa shape index (κ3) is 3.56. The van der Waals surface area contributed by atoms with E-state index >= 15 is 0 Å². The lowest BCUT2D eigenvalue weighted by Gasteiger charge is -2.09. The van der Waals surface area contributed by atoms with Crippen molar-refractivity contribution in [1.29, 1.82) is 0 Å². The molecule has 7 heteroatoms. The molecule has 2 aromatic carbocycles. The Morgan fingerprint density at radius 3 is 2.76 bits per heavy atom. The molecule has 110 valence electrons. The number of nitro benzene ring substituents is 1. The molecule has 21 heavy (non-hydrogen) atoms. The normalized spacial score (nSPS) is 10.4. The summed E-state index contributed by atoms with van der Waals surface area (Å²) in [4.78, 5) is 10.4. The Morgan fingerprint density at radius 1 is 1.33 bits per heavy atom. The zero-order chi connectivity index (χ0) is 15.4. The lowest BCUT2D eigenvalue weighted by Crippen LogP contribution is -2.01. The number of aliphatic hydroxyl groups excluding tert-OH is 1. The number of rotatable bonds is 5. The highest BCUT2D eigenvalue weighted by Crippen LogP contribution is 2.30. The van der Waals surface area contributed by atoms with E-state index in [0.29, 0.717) is 11.1 Å². The predicted molar refractivity (Wildman–Crippen MR) is 77.5 cm³/mol. The van der Waals surface area contributed by atoms with Crippen molar-refractivity contribution in [2.75, 3.05) is 0 Å². The molecular formula is C14H11BrFNO4. The van der Waals surface area contributed by atoms with Crippen molar-refractivity contribution in [1.82, 2.24) is 0 Å². The minimum atomic E-state index is -0.572. The van der Waals surface area contributed by atoms with Crippen LogP contribution in [0.5, 0.6) is 5.75 Å². The van der Waals surface area contributed by atoms with Gasteiger partial charge in [-0.05, 0) is 39.7 Å². The lowest BCUT2D eigenvalue weighted by atomic mass is 10.2. The molecule has 1 N–H and O–H groups in total. The molecule has 0 heterocycles. The summed E-state index contributed by atoms with van der Waals surface area (Å²) < 4.78 is 19.1. The molecule has 0 atom stereocenters. The number of hydrogen-bond donors (Lipinski definition) is 1. The highest BCUT2D eigenvalue weighted by molar-refractivity contribution is 9.10. The summed E-state index contributed by atoms with van der Waals surface area (Å²) in [6, 6.07) is 8.57. The van der Waals surface area contributed by atoms with Crippen LogP contribution in [0.3, 0.4) is 0 Å². The molecule has 0 bridgehead atoms. The minimum absolute atomic E-state index is 0.0303. The Balaban J connectivity index is 2.26. The average Bonchev–Trinajstić information content (AvgIpc) is 2.48. The molecule has 0 aliphatic heterocycles. The fraction of sp³-hybridized carbons (Fsp3) is 0.143. The zero-order valence-electron chi connectivity index (χ0n) is 10.8. The van der Waals surface area contributed by atoms with Crippen LogP contribution in [-0.4, -0.2) is 10.0 Å². The molecule has 0 unspecified atom stereocenters. The highest BCUT2D eigenvalue weighted by atomic mass is 79.9. The van der Waals surface area contributed by atoms with Gasteiger partial charge in [0.05, 0.1) is 16.0 Å². The van der Waals surface area contributed by atoms with Gasteiger partial charge in [-0.3, -0.25) is 10.1 Å². The Kier molecular flexibility index (Phi) is 4.87. The smallest absolute Gasteiger partial charge is 0.310 e. The molecule has 0 aliphatic carbocycles. The lowest BCUT2D eigenvalue weighted by molar-refractivity contribution is -0.386. The molecule has 0 fully saturated rings. The Morgan fingerprint density at radius 2 is 2.10 bits per heavy atom. The van der Waals surface area contributed by atoms with Crippen LogP contribution in [0.1, 0.15) is 11.1 Å². The van der Waals surface area contributed by atoms with Crippen molar-refractivity contribution in [3.8, 4) is 5.75 Å². The van der Waals surface area contributed by atoms with E-state index in [-0.39, 0.29) is 29.1 Å². The first-order valence-corrected chi connectivity index (χ1v) is 6.76. The van der Waals surface area contributed by atoms with Gasteiger partial charge in [0, 0.05) is 11.6 Å². The molecule has 0 radical (unpaired) electrons. The van der Waals surface area contributed by atoms with Gasteiger partial charge in [-0.25, -0.2) is 4.39 Å². The second kappa shape index (κ2) is 6.64. The maximum Gasteiger partial charge on any atom is 0.310 e. The van der Waals surface area contributed by atoms with Gasteiger partial charge in [0.15, 0.2) is 5.75 Å². The Hall–Kier alpha value is -1.99. The third-order valence-corrected chi connectivity index (χ3v) is 3.71. The van der Waals surface area contributed by atoms with Crippen molar-refractivity contribution in [2.24, 2.45) is 0 Å². The number of nitrogens with zero attached hydrogens (tertiary/aromatic N) is 1. The molecule has 0 spiro atoms. The van der Waals surface area contributed by atoms with E-state index in [2.05, 4.69) is 15.9 Å². The van der Waals surface area contributed by atoms with Gasteiger partial charge in [-0.15, -0.1) is 0 Å². The number of ether oxygens (including phenoxy) is 1. The van der Waals surface area contributed by atoms with E-state index < -0.39 is 10.7 Å². The van der Waals surface area contributed by atoms with Gasteiger partial charge < -0.3 is 9.84 Å². The summed E-state index contributed by atoms with van der Waals surface area (Å²) in [5, 5.41) is 20.0. The molecular weight excluding hydrogens is 345 g/mol. The standard InChI is InChI=1S/C14H11BrFNO4/c15-14-10(2-1-3-11(14)16)8-21-13-6-9(7-18)4-5-12(13)17(19)20/h1-6,18H,7-8H2. The summed E-state index contributed by atoms with van der Waals surface area (Å²) in [5.41, 5.74) is 0.812. The van der Waals surface area contributed by atoms with E-state index in [1.54, 1.807) is 6.07 Å². The maximum absolute atomic E-state index is 13.4. The molecule has 2 aromatic rings. The van der Waals surface area contributed by atoms with Crippen LogP contribution in [0, 0.1) is 15.9 Å². The van der Waals surface area contributed by atoms with Gasteiger partial charge in [0.1, 0.15) is 12.4 Å². The minimum Gasteiger partial charge on any atom is -0.482 e. The fourth-order valence-electron chi connectivity index (χ4n) is 1.74. The van der Waals surface area contributed by atoms with E-state index in [4.69, 9.17) is 9.84 Å². The number of aliphatic hydroxyl groups is 1. The topological polar surface area (TPSA) is 72.6 Å². The van der Waals surface area contributed by atoms with Crippen molar-refractivity contribution >= 4 is 21.6 Å². The van der Waals surface area contributed by atoms with Crippen molar-refractivity contribution < 1.29 is 19.2 Å². The van der Waals surface area contributed by atoms with Crippen LogP contribution in [-0.2, 0) is 13.2 Å². The summed E-state index contributed by atoms with van der Waals surface area (Å²) in [5.74, 6) is -0.405. The largest absolute Gasteiger partial charge is 0.482 e. The first-order valence-electron chi connectivity index (χ1n) is 5.96. The fourth-order valence-corrected chi connectivity index (χ4v) is 2.12. The van der Waals surface area contributed by atoms with Gasteiger partial charge in [-0.1, -0.05) is 12.1 Å². The molecule has 0 saturated carbocycles. The predicted octanol–water partition coefficient (Wildman–Crippen LogP) is 3.57. The first-order chi connectivity index (χ1) is 10.0. The molecule has 2 rings (SSSR count). The second-order valence-electron chi connectivity index (χ2n) is 4.22. The van der Waals surface area contributed by atoms with Crippen LogP contribution >= 0.6 is 15.9 Å². The average molecular weight is 356 g/mol. The van der Waals surface area contributed by atoms with Crippen molar-refractivity contribution in [3.05, 3.63) is 67.9 Å². The second-order valence-corrected chi connectivity index (χ2v) is 5.01. The van der Waals surface area contributed by atoms with Crippen molar-refractivity contribution in [2.45, 2.75) is 13.2 Å². The zero-order valence-corrected chi connectivity index (χ0v) is 12.3. The molecule has 5 nitrogen and oxygen atoms in total. The summed E-state index contributed by atoms with van der Waals surface area (Å²) in [6.07, 6.45) is 0. The summed E-state index contributed by atoms with van der Waals surface area (Å²) >= 11 is 3.10. The maximum atomic E-state index is 13.4. The van der Waals surface area contributed by atoms with Crippen LogP contribution in [0.15, 0.2) is 40.9 Å². The number of hydrogen-bond acceptors (Lipinski definition) is 4. The number of halogens is 2. The summed E-state index contributed by atoms with van der Waals surface area (Å²) in [7, 11) is 0. The molecule has 0 aliphatic rings. The third-order valence-electron chi connectivity index (χ3n) is 2.82. The van der Waals surface area contributed by atoms with Crippen LogP contribution < -0.4 is 4.74 Å². The van der Waals surface area contributed by atoms with Gasteiger partial charge in [0.2, 0.25) is 0 Å². The molecule has 0 aromatic heterocycles. The van der Waals surface area contributed by atoms with Gasteiger partial charge >= 0.3 is 5.69 Å². The van der Waals surface area contributed by atoms with Crippen LogP contribution in [0.4, 0.5) is 10.1 Å². The molecule has 0 saturated heterocycles. The van der Waals surface area contributed by atoms with E-state index in [0.717, 1.165) is 0 Å². The SMILES string of the molecule is O=[N+]([O-])c1ccc(CO)cc1OCc1cccc(F)c1Br. The number of benzene rings is 2. The van der Waals surface area contributed by atoms with Gasteiger partial charge in [0.25, 0.3) is 0 Å². The van der Waals surface area contributed by atoms with E-state index in [9.17, 15) is 14.5 Å². The van der Waals surface area contributed by atoms with Crippen molar-refractivity contribution in [3.63, 3.8) is 0 Å². The first kappa shape index (κ1) is 15.4. The number of nitro groups is 1. The summed E-state index contributed by atoms with van der Waals surface area (Å²) in [6.45, 7) is -0.286. The van der Waals surface area contributed by atoms with Gasteiger partial charge in [-0.2, -0.15) is 0 Å². The highest BCUT2D eigenvalue weighted by Gasteiger charge is 2.16. The monoisotopic (exact) mass is 355 g/mol. The Labute approximate surface area is 128 Å². The van der Waals surface area contributed by atoms with E-state index in [1.807, 2.05) is 0 Å². The molecule has 0 amide bonds. The quantitative estimate of drug-likeness (QED) is 0.657. The van der Waals surface area contributed by atoms with Crippen LogP contribution in [0.25, 0.3) is 0 Å². The van der Waals surface area contributed by atoms with E-state index in [1.165, 1.54) is 30.3 Å². The van der Waals surface area contributed by atoms with Crippen LogP contribution in [0.2, 0.25) is 0 Å².